The molecule has 0 aliphatic carbocycles. The summed E-state index contributed by atoms with van der Waals surface area (Å²) in [5.41, 5.74) is 3.71. The van der Waals surface area contributed by atoms with E-state index in [0.717, 1.165) is 16.7 Å². The average Bonchev–Trinajstić information content (AvgIpc) is 3.11. The van der Waals surface area contributed by atoms with Crippen LogP contribution in [0.25, 0.3) is 0 Å². The maximum atomic E-state index is 13.2. The Labute approximate surface area is 274 Å². The minimum Gasteiger partial charge on any atom is -0.492 e. The van der Waals surface area contributed by atoms with Crippen molar-refractivity contribution in [3.63, 3.8) is 0 Å². The largest absolute Gasteiger partial charge is 0.492 e. The summed E-state index contributed by atoms with van der Waals surface area (Å²) in [5, 5.41) is 12.4. The van der Waals surface area contributed by atoms with Gasteiger partial charge in [0.05, 0.1) is 6.54 Å². The normalized spacial score (nSPS) is 11.2. The van der Waals surface area contributed by atoms with Gasteiger partial charge in [0.15, 0.2) is 0 Å². The lowest BCUT2D eigenvalue weighted by Crippen LogP contribution is -2.42. The molecule has 0 bridgehead atoms. The molecule has 0 aliphatic rings. The fourth-order valence-corrected chi connectivity index (χ4v) is 4.94. The zero-order chi connectivity index (χ0) is 32.8. The van der Waals surface area contributed by atoms with Crippen molar-refractivity contribution in [3.05, 3.63) is 167 Å². The Balaban J connectivity index is 1.13. The van der Waals surface area contributed by atoms with Crippen LogP contribution in [0.5, 0.6) is 11.5 Å². The molecule has 0 spiro atoms. The van der Waals surface area contributed by atoms with Crippen LogP contribution < -0.4 is 14.8 Å². The number of nitrogens with one attached hydrogen (secondary N) is 1. The zero-order valence-electron chi connectivity index (χ0n) is 25.8. The number of nitrogens with zero attached hydrogens (tertiary/aromatic N) is 1. The third kappa shape index (κ3) is 9.80. The third-order valence-corrected chi connectivity index (χ3v) is 7.49. The number of carbonyl (C=O) groups is 3. The topological polar surface area (TPSA) is 105 Å². The molecule has 0 saturated heterocycles. The van der Waals surface area contributed by atoms with Gasteiger partial charge in [0.2, 0.25) is 0 Å². The predicted octanol–water partition coefficient (Wildman–Crippen LogP) is 6.41. The van der Waals surface area contributed by atoms with Crippen molar-refractivity contribution in [2.24, 2.45) is 0 Å². The number of carboxylic acid groups (broad SMARTS) is 1. The van der Waals surface area contributed by atoms with Gasteiger partial charge in [0.25, 0.3) is 11.8 Å². The molecule has 0 aromatic heterocycles. The summed E-state index contributed by atoms with van der Waals surface area (Å²) in [6, 6.07) is 41.2. The van der Waals surface area contributed by atoms with E-state index in [1.165, 1.54) is 0 Å². The molecule has 47 heavy (non-hydrogen) atoms. The van der Waals surface area contributed by atoms with E-state index in [9.17, 15) is 19.5 Å². The molecule has 238 valence electrons. The molecule has 8 heteroatoms. The minimum atomic E-state index is -1.13. The lowest BCUT2D eigenvalue weighted by molar-refractivity contribution is -0.139. The van der Waals surface area contributed by atoms with Crippen molar-refractivity contribution in [2.45, 2.75) is 25.6 Å². The Hall–Kier alpha value is -5.89. The second-order valence-corrected chi connectivity index (χ2v) is 10.9. The number of benzene rings is 5. The van der Waals surface area contributed by atoms with Crippen LogP contribution in [0.15, 0.2) is 140 Å². The second kappa shape index (κ2) is 16.4. The van der Waals surface area contributed by atoms with Gasteiger partial charge in [-0.1, -0.05) is 91.0 Å². The number of carbonyl (C=O) groups excluding carboxylic acids is 2. The summed E-state index contributed by atoms with van der Waals surface area (Å²) in [6.45, 7) is 1.46. The number of ether oxygens (including phenoxy) is 2. The first-order valence-corrected chi connectivity index (χ1v) is 15.3. The van der Waals surface area contributed by atoms with Crippen molar-refractivity contribution in [1.29, 1.82) is 0 Å². The minimum absolute atomic E-state index is 0.0922. The van der Waals surface area contributed by atoms with Crippen LogP contribution in [0.3, 0.4) is 0 Å². The molecule has 0 fully saturated rings. The number of amides is 2. The summed E-state index contributed by atoms with van der Waals surface area (Å²) < 4.78 is 11.7. The third-order valence-electron chi connectivity index (χ3n) is 7.49. The van der Waals surface area contributed by atoms with E-state index in [4.69, 9.17) is 9.47 Å². The number of hydrogen-bond acceptors (Lipinski definition) is 5. The van der Waals surface area contributed by atoms with E-state index in [1.54, 1.807) is 65.6 Å². The lowest BCUT2D eigenvalue weighted by atomic mass is 10.1. The summed E-state index contributed by atoms with van der Waals surface area (Å²) >= 11 is 0. The van der Waals surface area contributed by atoms with E-state index in [-0.39, 0.29) is 18.9 Å². The standard InChI is InChI=1S/C39H36N2O6/c42-37(40-36(39(44)45)26-29-16-20-35(21-17-29)47-28-31-12-6-2-7-13-31)32-18-22-34(23-19-32)46-25-24-41(27-30-10-4-1-5-11-30)38(43)33-14-8-3-9-15-33/h1-23,36H,24-28H2,(H,40,42)(H,44,45)/t36-/m0/s1. The first-order chi connectivity index (χ1) is 22.9. The van der Waals surface area contributed by atoms with Crippen LogP contribution in [0.4, 0.5) is 0 Å². The number of rotatable bonds is 15. The number of carboxylic acids is 1. The maximum Gasteiger partial charge on any atom is 0.326 e. The Morgan fingerprint density at radius 1 is 0.617 bits per heavy atom. The Kier molecular flexibility index (Phi) is 11.4. The molecule has 1 atom stereocenters. The molecule has 5 aromatic rings. The smallest absolute Gasteiger partial charge is 0.326 e. The average molecular weight is 629 g/mol. The molecular formula is C39H36N2O6. The first kappa shape index (κ1) is 32.5. The Morgan fingerprint density at radius 2 is 1.17 bits per heavy atom. The Bertz CT molecular complexity index is 1730. The molecule has 0 saturated carbocycles. The molecule has 5 rings (SSSR count). The Morgan fingerprint density at radius 3 is 1.79 bits per heavy atom. The highest BCUT2D eigenvalue weighted by Crippen LogP contribution is 2.17. The predicted molar refractivity (Wildman–Crippen MR) is 179 cm³/mol. The highest BCUT2D eigenvalue weighted by atomic mass is 16.5. The quantitative estimate of drug-likeness (QED) is 0.139. The summed E-state index contributed by atoms with van der Waals surface area (Å²) in [6.07, 6.45) is 0.114. The zero-order valence-corrected chi connectivity index (χ0v) is 25.8. The molecule has 0 radical (unpaired) electrons. The van der Waals surface area contributed by atoms with Crippen LogP contribution >= 0.6 is 0 Å². The number of aliphatic carboxylic acids is 1. The van der Waals surface area contributed by atoms with Gasteiger partial charge in [-0.3, -0.25) is 9.59 Å². The molecule has 5 aromatic carbocycles. The monoisotopic (exact) mass is 628 g/mol. The SMILES string of the molecule is O=C(N[C@@H](Cc1ccc(OCc2ccccc2)cc1)C(=O)O)c1ccc(OCCN(Cc2ccccc2)C(=O)c2ccccc2)cc1. The summed E-state index contributed by atoms with van der Waals surface area (Å²) in [5.74, 6) is -0.535. The van der Waals surface area contributed by atoms with E-state index in [0.29, 0.717) is 42.3 Å². The summed E-state index contributed by atoms with van der Waals surface area (Å²) in [4.78, 5) is 39.9. The van der Waals surface area contributed by atoms with Gasteiger partial charge in [-0.25, -0.2) is 4.79 Å². The first-order valence-electron chi connectivity index (χ1n) is 15.3. The van der Waals surface area contributed by atoms with Gasteiger partial charge < -0.3 is 24.8 Å². The van der Waals surface area contributed by atoms with Gasteiger partial charge in [-0.05, 0) is 65.2 Å². The van der Waals surface area contributed by atoms with Crippen molar-refractivity contribution in [1.82, 2.24) is 10.2 Å². The number of hydrogen-bond donors (Lipinski definition) is 2. The second-order valence-electron chi connectivity index (χ2n) is 10.9. The molecular weight excluding hydrogens is 592 g/mol. The van der Waals surface area contributed by atoms with Gasteiger partial charge in [0, 0.05) is 24.1 Å². The van der Waals surface area contributed by atoms with Crippen LogP contribution in [0.1, 0.15) is 37.4 Å². The van der Waals surface area contributed by atoms with Crippen LogP contribution in [0.2, 0.25) is 0 Å². The van der Waals surface area contributed by atoms with Crippen LogP contribution in [-0.2, 0) is 24.4 Å². The highest BCUT2D eigenvalue weighted by Gasteiger charge is 2.21. The molecule has 2 amide bonds. The van der Waals surface area contributed by atoms with Crippen LogP contribution in [-0.4, -0.2) is 47.0 Å². The van der Waals surface area contributed by atoms with Crippen molar-refractivity contribution in [2.75, 3.05) is 13.2 Å². The highest BCUT2D eigenvalue weighted by molar-refractivity contribution is 5.96. The molecule has 8 nitrogen and oxygen atoms in total. The van der Waals surface area contributed by atoms with Gasteiger partial charge in [0.1, 0.15) is 30.8 Å². The molecule has 0 heterocycles. The van der Waals surface area contributed by atoms with E-state index < -0.39 is 17.9 Å². The molecule has 2 N–H and O–H groups in total. The van der Waals surface area contributed by atoms with Crippen LogP contribution in [0, 0.1) is 0 Å². The van der Waals surface area contributed by atoms with Gasteiger partial charge in [-0.15, -0.1) is 0 Å². The maximum absolute atomic E-state index is 13.2. The van der Waals surface area contributed by atoms with E-state index in [1.807, 2.05) is 78.9 Å². The van der Waals surface area contributed by atoms with Crippen molar-refractivity contribution < 1.29 is 29.0 Å². The van der Waals surface area contributed by atoms with Gasteiger partial charge >= 0.3 is 5.97 Å². The molecule has 0 unspecified atom stereocenters. The van der Waals surface area contributed by atoms with Crippen molar-refractivity contribution in [3.8, 4) is 11.5 Å². The van der Waals surface area contributed by atoms with E-state index >= 15 is 0 Å². The van der Waals surface area contributed by atoms with E-state index in [2.05, 4.69) is 5.32 Å². The molecule has 0 aliphatic heterocycles. The fraction of sp³-hybridized carbons (Fsp3) is 0.154. The summed E-state index contributed by atoms with van der Waals surface area (Å²) in [7, 11) is 0. The lowest BCUT2D eigenvalue weighted by Gasteiger charge is -2.23. The van der Waals surface area contributed by atoms with Gasteiger partial charge in [-0.2, -0.15) is 0 Å². The van der Waals surface area contributed by atoms with Crippen molar-refractivity contribution >= 4 is 17.8 Å². The fourth-order valence-electron chi connectivity index (χ4n) is 4.94.